The molecule has 0 amide bonds. The summed E-state index contributed by atoms with van der Waals surface area (Å²) in [4.78, 5) is 4.06. The predicted octanol–water partition coefficient (Wildman–Crippen LogP) is 3.56. The van der Waals surface area contributed by atoms with Gasteiger partial charge in [-0.05, 0) is 27.7 Å². The Morgan fingerprint density at radius 3 is 2.43 bits per heavy atom. The van der Waals surface area contributed by atoms with Crippen LogP contribution >= 0.6 is 0 Å². The van der Waals surface area contributed by atoms with Gasteiger partial charge in [0.1, 0.15) is 5.75 Å². The average Bonchev–Trinajstić information content (AvgIpc) is 2.34. The highest BCUT2D eigenvalue weighted by molar-refractivity contribution is 5.33. The van der Waals surface area contributed by atoms with E-state index in [0.717, 1.165) is 0 Å². The Hall–Kier alpha value is -1.37. The summed E-state index contributed by atoms with van der Waals surface area (Å²) >= 11 is 0. The van der Waals surface area contributed by atoms with Crippen LogP contribution in [-0.4, -0.2) is 29.5 Å². The number of ether oxygens (including phenoxy) is 1. The van der Waals surface area contributed by atoms with Gasteiger partial charge >= 0.3 is 12.3 Å². The number of pyridine rings is 1. The molecule has 1 N–H and O–H groups in total. The maximum atomic E-state index is 12.9. The SMILES string of the molecule is Cc1cc(OCC(F)(F)C(F)F)c(CNC(C)(C)C)cn1. The molecule has 7 heteroatoms. The molecular weight excluding hydrogens is 288 g/mol. The van der Waals surface area contributed by atoms with Crippen LogP contribution in [0.1, 0.15) is 32.0 Å². The molecule has 120 valence electrons. The zero-order valence-corrected chi connectivity index (χ0v) is 12.5. The van der Waals surface area contributed by atoms with Crippen LogP contribution in [0, 0.1) is 6.92 Å². The number of alkyl halides is 4. The maximum Gasteiger partial charge on any atom is 0.340 e. The van der Waals surface area contributed by atoms with Gasteiger partial charge in [-0.15, -0.1) is 0 Å². The fourth-order valence-electron chi connectivity index (χ4n) is 1.43. The van der Waals surface area contributed by atoms with E-state index in [-0.39, 0.29) is 11.3 Å². The van der Waals surface area contributed by atoms with Crippen molar-refractivity contribution < 1.29 is 22.3 Å². The number of aromatic nitrogens is 1. The summed E-state index contributed by atoms with van der Waals surface area (Å²) in [6.45, 7) is 6.47. The van der Waals surface area contributed by atoms with Crippen molar-refractivity contribution in [3.05, 3.63) is 23.5 Å². The molecule has 0 unspecified atom stereocenters. The van der Waals surface area contributed by atoms with E-state index < -0.39 is 19.0 Å². The Morgan fingerprint density at radius 2 is 1.90 bits per heavy atom. The van der Waals surface area contributed by atoms with Gasteiger partial charge in [0.05, 0.1) is 0 Å². The van der Waals surface area contributed by atoms with Crippen LogP contribution in [-0.2, 0) is 6.54 Å². The lowest BCUT2D eigenvalue weighted by atomic mass is 10.1. The number of hydrogen-bond donors (Lipinski definition) is 1. The van der Waals surface area contributed by atoms with E-state index in [1.807, 2.05) is 20.8 Å². The molecule has 0 atom stereocenters. The number of halogens is 4. The molecule has 3 nitrogen and oxygen atoms in total. The molecule has 0 bridgehead atoms. The third kappa shape index (κ3) is 5.87. The predicted molar refractivity (Wildman–Crippen MR) is 72.0 cm³/mol. The van der Waals surface area contributed by atoms with E-state index >= 15 is 0 Å². The second-order valence-electron chi connectivity index (χ2n) is 5.89. The molecule has 1 aromatic heterocycles. The van der Waals surface area contributed by atoms with Crippen molar-refractivity contribution in [2.24, 2.45) is 0 Å². The second kappa shape index (κ2) is 6.60. The quantitative estimate of drug-likeness (QED) is 0.816. The fraction of sp³-hybridized carbons (Fsp3) is 0.643. The van der Waals surface area contributed by atoms with Gasteiger partial charge in [-0.2, -0.15) is 8.78 Å². The average molecular weight is 308 g/mol. The molecule has 0 aliphatic carbocycles. The van der Waals surface area contributed by atoms with Crippen molar-refractivity contribution in [3.8, 4) is 5.75 Å². The molecule has 21 heavy (non-hydrogen) atoms. The summed E-state index contributed by atoms with van der Waals surface area (Å²) in [6.07, 6.45) is -2.26. The first-order valence-electron chi connectivity index (χ1n) is 6.50. The number of rotatable bonds is 6. The molecule has 0 saturated heterocycles. The Morgan fingerprint density at radius 1 is 1.29 bits per heavy atom. The Kier molecular flexibility index (Phi) is 5.55. The lowest BCUT2D eigenvalue weighted by molar-refractivity contribution is -0.148. The van der Waals surface area contributed by atoms with E-state index in [4.69, 9.17) is 4.74 Å². The van der Waals surface area contributed by atoms with Gasteiger partial charge in [-0.3, -0.25) is 4.98 Å². The van der Waals surface area contributed by atoms with Gasteiger partial charge in [0, 0.05) is 35.6 Å². The zero-order valence-electron chi connectivity index (χ0n) is 12.5. The van der Waals surface area contributed by atoms with Gasteiger partial charge in [0.25, 0.3) is 0 Å². The van der Waals surface area contributed by atoms with Gasteiger partial charge in [-0.25, -0.2) is 8.78 Å². The molecule has 0 radical (unpaired) electrons. The van der Waals surface area contributed by atoms with E-state index in [9.17, 15) is 17.6 Å². The van der Waals surface area contributed by atoms with Crippen molar-refractivity contribution in [1.29, 1.82) is 0 Å². The van der Waals surface area contributed by atoms with E-state index in [1.165, 1.54) is 12.3 Å². The second-order valence-corrected chi connectivity index (χ2v) is 5.89. The molecule has 1 aromatic rings. The monoisotopic (exact) mass is 308 g/mol. The lowest BCUT2D eigenvalue weighted by Gasteiger charge is -2.22. The first-order chi connectivity index (χ1) is 9.51. The highest BCUT2D eigenvalue weighted by atomic mass is 19.3. The first kappa shape index (κ1) is 17.7. The highest BCUT2D eigenvalue weighted by Gasteiger charge is 2.41. The number of nitrogens with zero attached hydrogens (tertiary/aromatic N) is 1. The molecule has 0 aromatic carbocycles. The van der Waals surface area contributed by atoms with E-state index in [2.05, 4.69) is 10.3 Å². The minimum Gasteiger partial charge on any atom is -0.487 e. The summed E-state index contributed by atoms with van der Waals surface area (Å²) in [5.41, 5.74) is 0.917. The topological polar surface area (TPSA) is 34.1 Å². The van der Waals surface area contributed by atoms with Crippen LogP contribution in [0.4, 0.5) is 17.6 Å². The third-order valence-corrected chi connectivity index (χ3v) is 2.63. The minimum absolute atomic E-state index is 0.138. The van der Waals surface area contributed by atoms with Crippen LogP contribution in [0.3, 0.4) is 0 Å². The summed E-state index contributed by atoms with van der Waals surface area (Å²) in [7, 11) is 0. The van der Waals surface area contributed by atoms with Crippen LogP contribution in [0.25, 0.3) is 0 Å². The first-order valence-corrected chi connectivity index (χ1v) is 6.50. The van der Waals surface area contributed by atoms with Crippen LogP contribution < -0.4 is 10.1 Å². The summed E-state index contributed by atoms with van der Waals surface area (Å²) < 4.78 is 55.1. The van der Waals surface area contributed by atoms with Gasteiger partial charge in [0.15, 0.2) is 6.61 Å². The molecule has 0 fully saturated rings. The van der Waals surface area contributed by atoms with E-state index in [0.29, 0.717) is 17.8 Å². The molecule has 1 heterocycles. The zero-order chi connectivity index (χ0) is 16.3. The molecule has 0 spiro atoms. The normalized spacial score (nSPS) is 12.8. The van der Waals surface area contributed by atoms with Gasteiger partial charge in [-0.1, -0.05) is 0 Å². The Labute approximate surface area is 121 Å². The van der Waals surface area contributed by atoms with Crippen molar-refractivity contribution in [2.45, 2.75) is 52.1 Å². The highest BCUT2D eigenvalue weighted by Crippen LogP contribution is 2.26. The van der Waals surface area contributed by atoms with Gasteiger partial charge in [0.2, 0.25) is 0 Å². The molecule has 1 rings (SSSR count). The summed E-state index contributed by atoms with van der Waals surface area (Å²) in [5, 5.41) is 3.16. The fourth-order valence-corrected chi connectivity index (χ4v) is 1.43. The van der Waals surface area contributed by atoms with Crippen LogP contribution in [0.15, 0.2) is 12.3 Å². The van der Waals surface area contributed by atoms with Crippen LogP contribution in [0.2, 0.25) is 0 Å². The standard InChI is InChI=1S/C14H20F4N2O/c1-9-5-11(21-8-14(17,18)12(15)16)10(6-19-9)7-20-13(2,3)4/h5-6,12,20H,7-8H2,1-4H3. The number of aryl methyl sites for hydroxylation is 1. The smallest absolute Gasteiger partial charge is 0.340 e. The third-order valence-electron chi connectivity index (χ3n) is 2.63. The summed E-state index contributed by atoms with van der Waals surface area (Å²) in [6, 6.07) is 1.46. The summed E-state index contributed by atoms with van der Waals surface area (Å²) in [5.74, 6) is -4.04. The lowest BCUT2D eigenvalue weighted by Crippen LogP contribution is -2.36. The van der Waals surface area contributed by atoms with Crippen molar-refractivity contribution >= 4 is 0 Å². The van der Waals surface area contributed by atoms with Crippen molar-refractivity contribution in [3.63, 3.8) is 0 Å². The van der Waals surface area contributed by atoms with Crippen molar-refractivity contribution in [2.75, 3.05) is 6.61 Å². The number of nitrogens with one attached hydrogen (secondary N) is 1. The molecule has 0 aliphatic heterocycles. The Bertz CT molecular complexity index is 473. The molecule has 0 aliphatic rings. The molecular formula is C14H20F4N2O. The van der Waals surface area contributed by atoms with Crippen molar-refractivity contribution in [1.82, 2.24) is 10.3 Å². The van der Waals surface area contributed by atoms with Gasteiger partial charge < -0.3 is 10.1 Å². The number of hydrogen-bond acceptors (Lipinski definition) is 3. The van der Waals surface area contributed by atoms with E-state index in [1.54, 1.807) is 6.92 Å². The Balaban J connectivity index is 2.82. The minimum atomic E-state index is -4.17. The molecule has 0 saturated carbocycles. The largest absolute Gasteiger partial charge is 0.487 e. The maximum absolute atomic E-state index is 12.9. The van der Waals surface area contributed by atoms with Crippen LogP contribution in [0.5, 0.6) is 5.75 Å².